The van der Waals surface area contributed by atoms with Crippen LogP contribution >= 0.6 is 11.6 Å². The van der Waals surface area contributed by atoms with Crippen molar-refractivity contribution in [3.8, 4) is 5.69 Å². The largest absolute Gasteiger partial charge is 0.311 e. The second-order valence-electron chi connectivity index (χ2n) is 7.75. The zero-order valence-electron chi connectivity index (χ0n) is 16.6. The Kier molecular flexibility index (Phi) is 4.40. The van der Waals surface area contributed by atoms with Crippen molar-refractivity contribution in [2.75, 3.05) is 16.8 Å². The molecule has 1 spiro atoms. The Labute approximate surface area is 179 Å². The summed E-state index contributed by atoms with van der Waals surface area (Å²) in [5.41, 5.74) is 2.20. The number of halogens is 1. The lowest BCUT2D eigenvalue weighted by Gasteiger charge is -2.32. The number of carbonyl (C=O) groups is 2. The average molecular weight is 421 g/mol. The van der Waals surface area contributed by atoms with Crippen molar-refractivity contribution in [3.05, 3.63) is 70.9 Å². The molecule has 1 aromatic heterocycles. The molecule has 0 unspecified atom stereocenters. The number of amides is 2. The van der Waals surface area contributed by atoms with Gasteiger partial charge >= 0.3 is 0 Å². The number of para-hydroxylation sites is 1. The number of unbranched alkanes of at least 4 members (excludes halogenated alkanes) is 1. The van der Waals surface area contributed by atoms with Crippen LogP contribution in [0.25, 0.3) is 5.69 Å². The van der Waals surface area contributed by atoms with E-state index in [1.54, 1.807) is 23.0 Å². The number of fused-ring (bicyclic) bond motifs is 4. The van der Waals surface area contributed by atoms with Crippen LogP contribution in [-0.2, 0) is 15.0 Å². The topological polar surface area (TPSA) is 67.2 Å². The monoisotopic (exact) mass is 420 g/mol. The maximum Gasteiger partial charge on any atom is 0.242 e. The van der Waals surface area contributed by atoms with Gasteiger partial charge in [0.25, 0.3) is 0 Å². The van der Waals surface area contributed by atoms with Crippen LogP contribution in [0.1, 0.15) is 37.3 Å². The molecule has 0 saturated carbocycles. The van der Waals surface area contributed by atoms with Crippen molar-refractivity contribution in [3.63, 3.8) is 0 Å². The highest BCUT2D eigenvalue weighted by molar-refractivity contribution is 6.30. The zero-order valence-corrected chi connectivity index (χ0v) is 17.3. The molecule has 2 amide bonds. The molecule has 7 heteroatoms. The Balaban J connectivity index is 1.70. The van der Waals surface area contributed by atoms with Crippen LogP contribution in [0.5, 0.6) is 0 Å². The normalized spacial score (nSPS) is 19.7. The number of hydrogen-bond donors (Lipinski definition) is 1. The maximum absolute atomic E-state index is 13.8. The first kappa shape index (κ1) is 18.9. The number of benzene rings is 2. The first-order valence-electron chi connectivity index (χ1n) is 10.1. The van der Waals surface area contributed by atoms with Crippen molar-refractivity contribution < 1.29 is 9.59 Å². The van der Waals surface area contributed by atoms with Crippen molar-refractivity contribution in [1.29, 1.82) is 0 Å². The molecule has 0 aliphatic carbocycles. The lowest BCUT2D eigenvalue weighted by molar-refractivity contribution is -0.126. The van der Waals surface area contributed by atoms with E-state index in [9.17, 15) is 9.59 Å². The smallest absolute Gasteiger partial charge is 0.242 e. The molecule has 0 fully saturated rings. The second-order valence-corrected chi connectivity index (χ2v) is 8.19. The molecule has 2 aromatic carbocycles. The quantitative estimate of drug-likeness (QED) is 0.684. The van der Waals surface area contributed by atoms with Gasteiger partial charge < -0.3 is 10.2 Å². The van der Waals surface area contributed by atoms with Crippen LogP contribution in [0.3, 0.4) is 0 Å². The van der Waals surface area contributed by atoms with Crippen LogP contribution in [-0.4, -0.2) is 28.1 Å². The minimum absolute atomic E-state index is 0.0519. The van der Waals surface area contributed by atoms with Gasteiger partial charge in [-0.1, -0.05) is 43.1 Å². The van der Waals surface area contributed by atoms with Crippen LogP contribution in [0.15, 0.2) is 54.7 Å². The molecule has 1 N–H and O–H groups in total. The fraction of sp³-hybridized carbons (Fsp3) is 0.261. The number of carbonyl (C=O) groups excluding carboxylic acids is 2. The molecular weight excluding hydrogens is 400 g/mol. The minimum atomic E-state index is -1.05. The summed E-state index contributed by atoms with van der Waals surface area (Å²) >= 11 is 6.02. The zero-order chi connectivity index (χ0) is 20.9. The molecule has 0 bridgehead atoms. The molecule has 30 heavy (non-hydrogen) atoms. The van der Waals surface area contributed by atoms with Gasteiger partial charge in [0, 0.05) is 29.2 Å². The van der Waals surface area contributed by atoms with E-state index in [-0.39, 0.29) is 18.2 Å². The molecule has 2 aliphatic heterocycles. The maximum atomic E-state index is 13.8. The Morgan fingerprint density at radius 2 is 1.87 bits per heavy atom. The summed E-state index contributed by atoms with van der Waals surface area (Å²) in [6.45, 7) is 2.74. The summed E-state index contributed by atoms with van der Waals surface area (Å²) in [5, 5.41) is 8.09. The van der Waals surface area contributed by atoms with E-state index in [1.807, 2.05) is 41.3 Å². The molecule has 6 nitrogen and oxygen atoms in total. The number of nitrogens with zero attached hydrogens (tertiary/aromatic N) is 3. The van der Waals surface area contributed by atoms with E-state index < -0.39 is 5.41 Å². The minimum Gasteiger partial charge on any atom is -0.311 e. The van der Waals surface area contributed by atoms with E-state index in [2.05, 4.69) is 17.3 Å². The Bertz CT molecular complexity index is 1150. The fourth-order valence-electron chi connectivity index (χ4n) is 4.57. The predicted molar refractivity (Wildman–Crippen MR) is 116 cm³/mol. The van der Waals surface area contributed by atoms with Gasteiger partial charge in [-0.2, -0.15) is 5.10 Å². The van der Waals surface area contributed by atoms with Crippen molar-refractivity contribution in [2.45, 2.75) is 31.6 Å². The van der Waals surface area contributed by atoms with E-state index >= 15 is 0 Å². The SMILES string of the molecule is CCCCN1C(=O)[C@@]2(CC(=O)Nc3c2cnn3-c2ccc(Cl)cc2)c2ccccc21. The Morgan fingerprint density at radius 3 is 2.63 bits per heavy atom. The van der Waals surface area contributed by atoms with Crippen LogP contribution in [0.4, 0.5) is 11.5 Å². The summed E-state index contributed by atoms with van der Waals surface area (Å²) in [4.78, 5) is 28.5. The van der Waals surface area contributed by atoms with E-state index in [1.165, 1.54) is 0 Å². The van der Waals surface area contributed by atoms with Crippen molar-refractivity contribution >= 4 is 34.9 Å². The molecule has 1 atom stereocenters. The average Bonchev–Trinajstić information content (AvgIpc) is 3.26. The third-order valence-corrected chi connectivity index (χ3v) is 6.24. The Hall–Kier alpha value is -3.12. The van der Waals surface area contributed by atoms with Crippen LogP contribution in [0.2, 0.25) is 5.02 Å². The van der Waals surface area contributed by atoms with Gasteiger partial charge in [0.05, 0.1) is 11.9 Å². The van der Waals surface area contributed by atoms with Gasteiger partial charge in [0.2, 0.25) is 11.8 Å². The molecular formula is C23H21ClN4O2. The molecule has 0 saturated heterocycles. The third-order valence-electron chi connectivity index (χ3n) is 5.98. The molecule has 0 radical (unpaired) electrons. The van der Waals surface area contributed by atoms with Crippen LogP contribution < -0.4 is 10.2 Å². The number of hydrogen-bond acceptors (Lipinski definition) is 3. The van der Waals surface area contributed by atoms with E-state index in [4.69, 9.17) is 11.6 Å². The van der Waals surface area contributed by atoms with Gasteiger partial charge in [0.1, 0.15) is 11.2 Å². The van der Waals surface area contributed by atoms with Crippen LogP contribution in [0, 0.1) is 0 Å². The summed E-state index contributed by atoms with van der Waals surface area (Å²) in [6.07, 6.45) is 3.67. The molecule has 3 heterocycles. The summed E-state index contributed by atoms with van der Waals surface area (Å²) in [6, 6.07) is 15.0. The first-order valence-corrected chi connectivity index (χ1v) is 10.5. The number of rotatable bonds is 4. The summed E-state index contributed by atoms with van der Waals surface area (Å²) < 4.78 is 1.66. The summed E-state index contributed by atoms with van der Waals surface area (Å²) in [7, 11) is 0. The van der Waals surface area contributed by atoms with Gasteiger partial charge in [-0.3, -0.25) is 9.59 Å². The van der Waals surface area contributed by atoms with Crippen molar-refractivity contribution in [1.82, 2.24) is 9.78 Å². The highest BCUT2D eigenvalue weighted by Crippen LogP contribution is 2.52. The standard InChI is InChI=1S/C23H21ClN4O2/c1-2-3-12-27-19-7-5-4-6-17(19)23(22(27)30)13-20(29)26-21-18(23)14-25-28(21)16-10-8-15(24)9-11-16/h4-11,14H,2-3,12-13H2,1H3,(H,26,29)/t23-/m0/s1. The van der Waals surface area contributed by atoms with Gasteiger partial charge in [-0.25, -0.2) is 4.68 Å². The first-order chi connectivity index (χ1) is 14.6. The van der Waals surface area contributed by atoms with Gasteiger partial charge in [0.15, 0.2) is 0 Å². The molecule has 2 aliphatic rings. The number of nitrogens with one attached hydrogen (secondary N) is 1. The fourth-order valence-corrected chi connectivity index (χ4v) is 4.69. The number of anilines is 2. The summed E-state index contributed by atoms with van der Waals surface area (Å²) in [5.74, 6) is 0.289. The van der Waals surface area contributed by atoms with Crippen molar-refractivity contribution in [2.24, 2.45) is 0 Å². The number of aromatic nitrogens is 2. The lowest BCUT2D eigenvalue weighted by atomic mass is 9.72. The molecule has 5 rings (SSSR count). The highest BCUT2D eigenvalue weighted by atomic mass is 35.5. The highest BCUT2D eigenvalue weighted by Gasteiger charge is 2.56. The Morgan fingerprint density at radius 1 is 1.10 bits per heavy atom. The molecule has 152 valence electrons. The second kappa shape index (κ2) is 6.99. The molecule has 3 aromatic rings. The van der Waals surface area contributed by atoms with E-state index in [0.29, 0.717) is 17.4 Å². The third kappa shape index (κ3) is 2.60. The lowest BCUT2D eigenvalue weighted by Crippen LogP contribution is -2.46. The van der Waals surface area contributed by atoms with Gasteiger partial charge in [-0.15, -0.1) is 0 Å². The van der Waals surface area contributed by atoms with Gasteiger partial charge in [-0.05, 0) is 42.3 Å². The predicted octanol–water partition coefficient (Wildman–Crippen LogP) is 4.30. The van der Waals surface area contributed by atoms with E-state index in [0.717, 1.165) is 35.3 Å².